The number of hydrogen-bond donors (Lipinski definition) is 2. The fourth-order valence-corrected chi connectivity index (χ4v) is 2.81. The first-order valence-corrected chi connectivity index (χ1v) is 8.56. The molecule has 0 aliphatic heterocycles. The Morgan fingerprint density at radius 1 is 0.923 bits per heavy atom. The number of carbonyl (C=O) groups excluding carboxylic acids is 1. The Balaban J connectivity index is 1.66. The molecule has 5 heteroatoms. The zero-order valence-electron chi connectivity index (χ0n) is 15.2. The average molecular weight is 346 g/mol. The van der Waals surface area contributed by atoms with Crippen LogP contribution in [0.5, 0.6) is 0 Å². The molecule has 26 heavy (non-hydrogen) atoms. The van der Waals surface area contributed by atoms with Crippen LogP contribution in [0.4, 0.5) is 11.5 Å². The summed E-state index contributed by atoms with van der Waals surface area (Å²) in [5.41, 5.74) is 4.63. The van der Waals surface area contributed by atoms with Crippen LogP contribution in [0, 0.1) is 13.8 Å². The lowest BCUT2D eigenvalue weighted by molar-refractivity contribution is 0.0934. The molecule has 5 nitrogen and oxygen atoms in total. The van der Waals surface area contributed by atoms with E-state index < -0.39 is 0 Å². The maximum atomic E-state index is 12.4. The van der Waals surface area contributed by atoms with E-state index in [1.165, 1.54) is 11.1 Å². The van der Waals surface area contributed by atoms with Crippen molar-refractivity contribution in [1.29, 1.82) is 0 Å². The number of hydrogen-bond acceptors (Lipinski definition) is 4. The maximum Gasteiger partial charge on any atom is 0.272 e. The van der Waals surface area contributed by atoms with Crippen LogP contribution in [0.15, 0.2) is 60.7 Å². The Labute approximate surface area is 153 Å². The second-order valence-electron chi connectivity index (χ2n) is 6.41. The van der Waals surface area contributed by atoms with Crippen molar-refractivity contribution in [2.24, 2.45) is 0 Å². The first kappa shape index (κ1) is 17.6. The number of carbonyl (C=O) groups is 1. The van der Waals surface area contributed by atoms with E-state index in [-0.39, 0.29) is 11.9 Å². The monoisotopic (exact) mass is 346 g/mol. The molecule has 2 N–H and O–H groups in total. The minimum Gasteiger partial charge on any atom is -0.344 e. The Bertz CT molecular complexity index is 871. The van der Waals surface area contributed by atoms with Crippen LogP contribution < -0.4 is 10.6 Å². The lowest BCUT2D eigenvalue weighted by Gasteiger charge is -2.14. The molecule has 1 aromatic heterocycles. The number of nitrogens with one attached hydrogen (secondary N) is 2. The molecule has 1 unspecified atom stereocenters. The third-order valence-corrected chi connectivity index (χ3v) is 4.04. The van der Waals surface area contributed by atoms with Crippen molar-refractivity contribution < 1.29 is 4.79 Å². The first-order valence-electron chi connectivity index (χ1n) is 8.56. The van der Waals surface area contributed by atoms with E-state index in [4.69, 9.17) is 0 Å². The van der Waals surface area contributed by atoms with E-state index in [1.807, 2.05) is 63.2 Å². The highest BCUT2D eigenvalue weighted by atomic mass is 16.2. The highest BCUT2D eigenvalue weighted by Gasteiger charge is 2.13. The van der Waals surface area contributed by atoms with E-state index >= 15 is 0 Å². The highest BCUT2D eigenvalue weighted by molar-refractivity contribution is 5.92. The molecule has 2 aromatic carbocycles. The number of aryl methyl sites for hydroxylation is 2. The smallest absolute Gasteiger partial charge is 0.272 e. The van der Waals surface area contributed by atoms with Gasteiger partial charge in [-0.2, -0.15) is 0 Å². The van der Waals surface area contributed by atoms with Gasteiger partial charge in [-0.3, -0.25) is 4.79 Å². The number of anilines is 2. The third-order valence-electron chi connectivity index (χ3n) is 4.04. The summed E-state index contributed by atoms with van der Waals surface area (Å²) in [6.45, 7) is 6.03. The van der Waals surface area contributed by atoms with Crippen molar-refractivity contribution in [2.75, 3.05) is 5.32 Å². The fraction of sp³-hybridized carbons (Fsp3) is 0.190. The van der Waals surface area contributed by atoms with Gasteiger partial charge in [0.05, 0.1) is 6.04 Å². The predicted octanol–water partition coefficient (Wildman–Crippen LogP) is 4.33. The lowest BCUT2D eigenvalue weighted by Crippen LogP contribution is -2.27. The first-order chi connectivity index (χ1) is 12.5. The van der Waals surface area contributed by atoms with Gasteiger partial charge in [-0.1, -0.05) is 36.4 Å². The SMILES string of the molecule is Cc1cc(C)cc(Nc2ccc(C(=O)NC(C)c3ccccc3)nn2)c1. The largest absolute Gasteiger partial charge is 0.344 e. The van der Waals surface area contributed by atoms with Gasteiger partial charge in [0.25, 0.3) is 5.91 Å². The zero-order chi connectivity index (χ0) is 18.5. The molecule has 0 saturated heterocycles. The van der Waals surface area contributed by atoms with Crippen molar-refractivity contribution in [3.8, 4) is 0 Å². The zero-order valence-corrected chi connectivity index (χ0v) is 15.2. The van der Waals surface area contributed by atoms with Crippen molar-refractivity contribution in [2.45, 2.75) is 26.8 Å². The van der Waals surface area contributed by atoms with Crippen molar-refractivity contribution in [1.82, 2.24) is 15.5 Å². The molecule has 0 aliphatic carbocycles. The summed E-state index contributed by atoms with van der Waals surface area (Å²) in [4.78, 5) is 12.4. The van der Waals surface area contributed by atoms with Crippen LogP contribution >= 0.6 is 0 Å². The number of benzene rings is 2. The van der Waals surface area contributed by atoms with Crippen LogP contribution in [0.2, 0.25) is 0 Å². The quantitative estimate of drug-likeness (QED) is 0.722. The Morgan fingerprint density at radius 3 is 2.23 bits per heavy atom. The van der Waals surface area contributed by atoms with Crippen LogP contribution in [0.3, 0.4) is 0 Å². The molecule has 1 heterocycles. The standard InChI is InChI=1S/C21H22N4O/c1-14-11-15(2)13-18(12-14)23-20-10-9-19(24-25-20)21(26)22-16(3)17-7-5-4-6-8-17/h4-13,16H,1-3H3,(H,22,26)(H,23,25). The molecule has 1 atom stereocenters. The van der Waals surface area contributed by atoms with Crippen molar-refractivity contribution in [3.63, 3.8) is 0 Å². The molecule has 0 spiro atoms. The number of rotatable bonds is 5. The topological polar surface area (TPSA) is 66.9 Å². The second kappa shape index (κ2) is 7.78. The van der Waals surface area contributed by atoms with Crippen LogP contribution in [-0.4, -0.2) is 16.1 Å². The predicted molar refractivity (Wildman–Crippen MR) is 104 cm³/mol. The molecule has 3 rings (SSSR count). The highest BCUT2D eigenvalue weighted by Crippen LogP contribution is 2.18. The normalized spacial score (nSPS) is 11.7. The lowest BCUT2D eigenvalue weighted by atomic mass is 10.1. The van der Waals surface area contributed by atoms with E-state index in [0.29, 0.717) is 11.5 Å². The molecule has 0 aliphatic rings. The second-order valence-corrected chi connectivity index (χ2v) is 6.41. The molecule has 0 fully saturated rings. The fourth-order valence-electron chi connectivity index (χ4n) is 2.81. The minimum atomic E-state index is -0.244. The minimum absolute atomic E-state index is 0.0985. The van der Waals surface area contributed by atoms with Gasteiger partial charge in [0.15, 0.2) is 11.5 Å². The molecule has 0 bridgehead atoms. The maximum absolute atomic E-state index is 12.4. The molecule has 132 valence electrons. The van der Waals surface area contributed by atoms with E-state index in [1.54, 1.807) is 12.1 Å². The Kier molecular flexibility index (Phi) is 5.27. The Hall–Kier alpha value is -3.21. The summed E-state index contributed by atoms with van der Waals surface area (Å²) in [7, 11) is 0. The summed E-state index contributed by atoms with van der Waals surface area (Å²) in [5.74, 6) is 0.356. The van der Waals surface area contributed by atoms with Crippen LogP contribution in [0.25, 0.3) is 0 Å². The van der Waals surface area contributed by atoms with Gasteiger partial charge in [0, 0.05) is 5.69 Å². The summed E-state index contributed by atoms with van der Waals surface area (Å²) in [6.07, 6.45) is 0. The van der Waals surface area contributed by atoms with Gasteiger partial charge >= 0.3 is 0 Å². The molecule has 0 saturated carbocycles. The van der Waals surface area contributed by atoms with Gasteiger partial charge < -0.3 is 10.6 Å². The van der Waals surface area contributed by atoms with Gasteiger partial charge in [0.1, 0.15) is 0 Å². The Morgan fingerprint density at radius 2 is 1.62 bits per heavy atom. The van der Waals surface area contributed by atoms with Gasteiger partial charge in [0.2, 0.25) is 0 Å². The summed E-state index contributed by atoms with van der Waals surface area (Å²) in [5, 5.41) is 14.3. The number of nitrogens with zero attached hydrogens (tertiary/aromatic N) is 2. The van der Waals surface area contributed by atoms with E-state index in [2.05, 4.69) is 26.9 Å². The van der Waals surface area contributed by atoms with Gasteiger partial charge in [-0.15, -0.1) is 10.2 Å². The summed E-state index contributed by atoms with van der Waals surface area (Å²) >= 11 is 0. The van der Waals surface area contributed by atoms with Gasteiger partial charge in [-0.25, -0.2) is 0 Å². The summed E-state index contributed by atoms with van der Waals surface area (Å²) < 4.78 is 0. The average Bonchev–Trinajstić information content (AvgIpc) is 2.62. The molecule has 3 aromatic rings. The number of aromatic nitrogens is 2. The van der Waals surface area contributed by atoms with E-state index in [0.717, 1.165) is 11.3 Å². The van der Waals surface area contributed by atoms with Gasteiger partial charge in [-0.05, 0) is 61.7 Å². The molecule has 1 amide bonds. The van der Waals surface area contributed by atoms with Crippen LogP contribution in [-0.2, 0) is 0 Å². The third kappa shape index (κ3) is 4.45. The number of amides is 1. The molecular weight excluding hydrogens is 324 g/mol. The molecular formula is C21H22N4O. The molecule has 0 radical (unpaired) electrons. The van der Waals surface area contributed by atoms with Crippen molar-refractivity contribution in [3.05, 3.63) is 83.0 Å². The van der Waals surface area contributed by atoms with Crippen LogP contribution in [0.1, 0.15) is 40.1 Å². The van der Waals surface area contributed by atoms with Crippen molar-refractivity contribution >= 4 is 17.4 Å². The van der Waals surface area contributed by atoms with E-state index in [9.17, 15) is 4.79 Å². The summed E-state index contributed by atoms with van der Waals surface area (Å²) in [6, 6.07) is 19.3.